The highest BCUT2D eigenvalue weighted by Gasteiger charge is 2.12. The summed E-state index contributed by atoms with van der Waals surface area (Å²) in [5, 5.41) is 1.93. The Labute approximate surface area is 120 Å². The lowest BCUT2D eigenvalue weighted by molar-refractivity contribution is 0.0735. The normalized spacial score (nSPS) is 10.2. The monoisotopic (exact) mass is 281 g/mol. The first-order chi connectivity index (χ1) is 9.84. The zero-order valence-corrected chi connectivity index (χ0v) is 11.3. The topological polar surface area (TPSA) is 39.2 Å². The molecule has 1 heterocycles. The van der Waals surface area contributed by atoms with Crippen molar-refractivity contribution in [3.8, 4) is 17.0 Å². The fourth-order valence-corrected chi connectivity index (χ4v) is 2.40. The number of rotatable bonds is 3. The van der Waals surface area contributed by atoms with Gasteiger partial charge in [-0.15, -0.1) is 11.3 Å². The van der Waals surface area contributed by atoms with E-state index in [4.69, 9.17) is 4.74 Å². The maximum Gasteiger partial charge on any atom is 0.343 e. The van der Waals surface area contributed by atoms with Crippen LogP contribution in [0.1, 0.15) is 10.4 Å². The first kappa shape index (κ1) is 12.6. The molecule has 98 valence electrons. The molecule has 0 aliphatic heterocycles. The summed E-state index contributed by atoms with van der Waals surface area (Å²) in [6.45, 7) is 0. The summed E-state index contributed by atoms with van der Waals surface area (Å²) in [7, 11) is 0. The van der Waals surface area contributed by atoms with E-state index >= 15 is 0 Å². The van der Waals surface area contributed by atoms with E-state index in [1.54, 1.807) is 23.7 Å². The van der Waals surface area contributed by atoms with E-state index in [1.807, 2.05) is 41.8 Å². The number of aromatic nitrogens is 1. The van der Waals surface area contributed by atoms with Crippen LogP contribution in [0.3, 0.4) is 0 Å². The predicted octanol–water partition coefficient (Wildman–Crippen LogP) is 4.03. The number of ether oxygens (including phenoxy) is 1. The van der Waals surface area contributed by atoms with Crippen LogP contribution in [-0.4, -0.2) is 11.0 Å². The molecule has 0 aliphatic rings. The molecular formula is C16H11NO2S. The van der Waals surface area contributed by atoms with Gasteiger partial charge in [0, 0.05) is 10.9 Å². The van der Waals surface area contributed by atoms with Crippen LogP contribution in [-0.2, 0) is 0 Å². The van der Waals surface area contributed by atoms with Crippen molar-refractivity contribution in [3.05, 3.63) is 71.1 Å². The fourth-order valence-electron chi connectivity index (χ4n) is 1.85. The molecular weight excluding hydrogens is 270 g/mol. The zero-order chi connectivity index (χ0) is 13.8. The van der Waals surface area contributed by atoms with Crippen molar-refractivity contribution in [1.82, 2.24) is 4.98 Å². The van der Waals surface area contributed by atoms with E-state index in [9.17, 15) is 4.79 Å². The van der Waals surface area contributed by atoms with E-state index < -0.39 is 0 Å². The predicted molar refractivity (Wildman–Crippen MR) is 79.0 cm³/mol. The minimum absolute atomic E-state index is 0.367. The molecule has 0 bridgehead atoms. The van der Waals surface area contributed by atoms with Gasteiger partial charge in [-0.1, -0.05) is 30.3 Å². The second-order valence-electron chi connectivity index (χ2n) is 4.13. The third-order valence-electron chi connectivity index (χ3n) is 2.81. The number of nitrogens with zero attached hydrogens (tertiary/aromatic N) is 1. The van der Waals surface area contributed by atoms with Gasteiger partial charge in [-0.25, -0.2) is 9.78 Å². The second-order valence-corrected chi connectivity index (χ2v) is 4.84. The van der Waals surface area contributed by atoms with Crippen LogP contribution in [0.15, 0.2) is 65.5 Å². The summed E-state index contributed by atoms with van der Waals surface area (Å²) in [6, 6.07) is 16.3. The summed E-state index contributed by atoms with van der Waals surface area (Å²) in [6.07, 6.45) is 0. The second kappa shape index (κ2) is 5.67. The van der Waals surface area contributed by atoms with E-state index in [0.717, 1.165) is 11.3 Å². The lowest BCUT2D eigenvalue weighted by Gasteiger charge is -2.08. The Kier molecular flexibility index (Phi) is 3.56. The molecule has 0 fully saturated rings. The van der Waals surface area contributed by atoms with Gasteiger partial charge in [-0.3, -0.25) is 0 Å². The van der Waals surface area contributed by atoms with E-state index in [-0.39, 0.29) is 5.97 Å². The van der Waals surface area contributed by atoms with Crippen LogP contribution in [0.2, 0.25) is 0 Å². The third-order valence-corrected chi connectivity index (χ3v) is 3.39. The fraction of sp³-hybridized carbons (Fsp3) is 0. The minimum atomic E-state index is -0.367. The number of benzene rings is 2. The van der Waals surface area contributed by atoms with Crippen molar-refractivity contribution in [2.45, 2.75) is 0 Å². The van der Waals surface area contributed by atoms with Crippen molar-refractivity contribution >= 4 is 17.3 Å². The van der Waals surface area contributed by atoms with E-state index in [1.165, 1.54) is 11.3 Å². The van der Waals surface area contributed by atoms with Gasteiger partial charge in [-0.2, -0.15) is 0 Å². The summed E-state index contributed by atoms with van der Waals surface area (Å²) < 4.78 is 5.48. The molecule has 3 rings (SSSR count). The van der Waals surface area contributed by atoms with Gasteiger partial charge in [0.2, 0.25) is 0 Å². The SMILES string of the molecule is O=C(Oc1ccccc1-c1cscn1)c1ccccc1. The van der Waals surface area contributed by atoms with Crippen LogP contribution >= 0.6 is 11.3 Å². The Morgan fingerprint density at radius 3 is 2.50 bits per heavy atom. The number of hydrogen-bond donors (Lipinski definition) is 0. The Bertz CT molecular complexity index is 708. The van der Waals surface area contributed by atoms with Gasteiger partial charge >= 0.3 is 5.97 Å². The molecule has 0 radical (unpaired) electrons. The first-order valence-electron chi connectivity index (χ1n) is 6.09. The molecule has 1 aromatic heterocycles. The molecule has 0 aliphatic carbocycles. The highest BCUT2D eigenvalue weighted by atomic mass is 32.1. The molecule has 2 aromatic carbocycles. The van der Waals surface area contributed by atoms with E-state index in [0.29, 0.717) is 11.3 Å². The largest absolute Gasteiger partial charge is 0.422 e. The van der Waals surface area contributed by atoms with Crippen molar-refractivity contribution in [2.75, 3.05) is 0 Å². The zero-order valence-electron chi connectivity index (χ0n) is 10.5. The summed E-state index contributed by atoms with van der Waals surface area (Å²) >= 11 is 1.51. The Morgan fingerprint density at radius 1 is 1.00 bits per heavy atom. The number of carbonyl (C=O) groups is 1. The quantitative estimate of drug-likeness (QED) is 0.537. The highest BCUT2D eigenvalue weighted by molar-refractivity contribution is 7.07. The molecule has 0 saturated heterocycles. The molecule has 0 N–H and O–H groups in total. The molecule has 0 amide bonds. The number of thiazole rings is 1. The van der Waals surface area contributed by atoms with Crippen LogP contribution < -0.4 is 4.74 Å². The average molecular weight is 281 g/mol. The number of hydrogen-bond acceptors (Lipinski definition) is 4. The van der Waals surface area contributed by atoms with Crippen molar-refractivity contribution in [1.29, 1.82) is 0 Å². The highest BCUT2D eigenvalue weighted by Crippen LogP contribution is 2.29. The summed E-state index contributed by atoms with van der Waals surface area (Å²) in [5.41, 5.74) is 3.91. The lowest BCUT2D eigenvalue weighted by atomic mass is 10.1. The minimum Gasteiger partial charge on any atom is -0.422 e. The summed E-state index contributed by atoms with van der Waals surface area (Å²) in [5.74, 6) is 0.153. The standard InChI is InChI=1S/C16H11NO2S/c18-16(12-6-2-1-3-7-12)19-15-9-5-4-8-13(15)14-10-20-11-17-14/h1-11H. The van der Waals surface area contributed by atoms with Gasteiger partial charge in [0.25, 0.3) is 0 Å². The van der Waals surface area contributed by atoms with Gasteiger partial charge in [0.15, 0.2) is 0 Å². The van der Waals surface area contributed by atoms with E-state index in [2.05, 4.69) is 4.98 Å². The van der Waals surface area contributed by atoms with Crippen LogP contribution in [0.25, 0.3) is 11.3 Å². The van der Waals surface area contributed by atoms with Gasteiger partial charge in [-0.05, 0) is 24.3 Å². The van der Waals surface area contributed by atoms with Gasteiger partial charge in [0.05, 0.1) is 16.8 Å². The molecule has 20 heavy (non-hydrogen) atoms. The Hall–Kier alpha value is -2.46. The molecule has 3 aromatic rings. The smallest absolute Gasteiger partial charge is 0.343 e. The Morgan fingerprint density at radius 2 is 1.75 bits per heavy atom. The van der Waals surface area contributed by atoms with Crippen LogP contribution in [0, 0.1) is 0 Å². The summed E-state index contributed by atoms with van der Waals surface area (Å²) in [4.78, 5) is 16.4. The van der Waals surface area contributed by atoms with Gasteiger partial charge in [0.1, 0.15) is 5.75 Å². The molecule has 4 heteroatoms. The average Bonchev–Trinajstić information content (AvgIpc) is 3.03. The van der Waals surface area contributed by atoms with Gasteiger partial charge < -0.3 is 4.74 Å². The molecule has 0 atom stereocenters. The molecule has 0 spiro atoms. The maximum absolute atomic E-state index is 12.1. The third kappa shape index (κ3) is 2.60. The number of carbonyl (C=O) groups excluding carboxylic acids is 1. The number of para-hydroxylation sites is 1. The van der Waals surface area contributed by atoms with Crippen LogP contribution in [0.5, 0.6) is 5.75 Å². The Balaban J connectivity index is 1.90. The molecule has 3 nitrogen and oxygen atoms in total. The van der Waals surface area contributed by atoms with Crippen molar-refractivity contribution < 1.29 is 9.53 Å². The molecule has 0 unspecified atom stereocenters. The van der Waals surface area contributed by atoms with Crippen molar-refractivity contribution in [3.63, 3.8) is 0 Å². The maximum atomic E-state index is 12.1. The van der Waals surface area contributed by atoms with Crippen LogP contribution in [0.4, 0.5) is 0 Å². The first-order valence-corrected chi connectivity index (χ1v) is 7.04. The van der Waals surface area contributed by atoms with Crippen molar-refractivity contribution in [2.24, 2.45) is 0 Å². The lowest BCUT2D eigenvalue weighted by Crippen LogP contribution is -2.08. The number of esters is 1. The molecule has 0 saturated carbocycles.